The Bertz CT molecular complexity index is 949. The summed E-state index contributed by atoms with van der Waals surface area (Å²) in [5.74, 6) is 1.73. The third-order valence-electron chi connectivity index (χ3n) is 4.77. The van der Waals surface area contributed by atoms with Crippen molar-refractivity contribution in [3.8, 4) is 11.5 Å². The van der Waals surface area contributed by atoms with Gasteiger partial charge in [-0.15, -0.1) is 0 Å². The van der Waals surface area contributed by atoms with Gasteiger partial charge in [0.05, 0.1) is 23.0 Å². The van der Waals surface area contributed by atoms with Crippen molar-refractivity contribution in [2.45, 2.75) is 13.1 Å². The van der Waals surface area contributed by atoms with E-state index in [2.05, 4.69) is 49.5 Å². The second kappa shape index (κ2) is 5.13. The Balaban J connectivity index is 2.25. The number of methoxy groups -OCH3 is 2. The van der Waals surface area contributed by atoms with Gasteiger partial charge in [0, 0.05) is 22.2 Å². The van der Waals surface area contributed by atoms with Crippen LogP contribution in [0.25, 0.3) is 32.3 Å². The molecular weight excluding hydrogens is 300 g/mol. The van der Waals surface area contributed by atoms with Crippen LogP contribution in [0.4, 0.5) is 0 Å². The van der Waals surface area contributed by atoms with E-state index >= 15 is 0 Å². The lowest BCUT2D eigenvalue weighted by Crippen LogP contribution is -2.22. The van der Waals surface area contributed by atoms with E-state index < -0.39 is 8.80 Å². The highest BCUT2D eigenvalue weighted by Crippen LogP contribution is 2.42. The fraction of sp³-hybridized carbons (Fsp3) is 0.200. The van der Waals surface area contributed by atoms with Gasteiger partial charge in [0.2, 0.25) is 0 Å². The minimum absolute atomic E-state index is 0.835. The zero-order valence-electron chi connectivity index (χ0n) is 13.9. The van der Waals surface area contributed by atoms with Gasteiger partial charge in [0.1, 0.15) is 11.5 Å². The Hall–Kier alpha value is -2.26. The van der Waals surface area contributed by atoms with E-state index in [1.165, 1.54) is 26.7 Å². The molecule has 0 aliphatic heterocycles. The summed E-state index contributed by atoms with van der Waals surface area (Å²) in [4.78, 5) is 0. The Morgan fingerprint density at radius 3 is 1.65 bits per heavy atom. The van der Waals surface area contributed by atoms with Crippen LogP contribution < -0.4 is 14.7 Å². The number of hydrogen-bond acceptors (Lipinski definition) is 2. The Morgan fingerprint density at radius 1 is 0.696 bits per heavy atom. The average Bonchev–Trinajstić information content (AvgIpc) is 2.58. The first-order chi connectivity index (χ1) is 11.1. The second-order valence-corrected chi connectivity index (χ2v) is 9.36. The van der Waals surface area contributed by atoms with E-state index in [4.69, 9.17) is 9.47 Å². The summed E-state index contributed by atoms with van der Waals surface area (Å²) < 4.78 is 11.2. The molecule has 0 bridgehead atoms. The fourth-order valence-electron chi connectivity index (χ4n) is 3.55. The minimum atomic E-state index is -0.835. The Morgan fingerprint density at radius 2 is 1.22 bits per heavy atom. The molecule has 0 aliphatic carbocycles. The van der Waals surface area contributed by atoms with E-state index in [1.54, 1.807) is 14.2 Å². The maximum atomic E-state index is 5.60. The summed E-state index contributed by atoms with van der Waals surface area (Å²) >= 11 is 0. The molecule has 0 aromatic heterocycles. The molecule has 4 rings (SSSR count). The predicted octanol–water partition coefficient (Wildman–Crippen LogP) is 4.29. The molecule has 0 aliphatic rings. The van der Waals surface area contributed by atoms with E-state index in [0.29, 0.717) is 0 Å². The maximum absolute atomic E-state index is 5.60. The molecular formula is C20H20O2Si. The van der Waals surface area contributed by atoms with Gasteiger partial charge >= 0.3 is 0 Å². The standard InChI is InChI=1S/C20H20O2Si/c1-21-17-11-18(22-2)16-8-6-13-10-14(23(3)4)9-12-5-7-15(17)20(16)19(12)13/h5-11,23H,1-4H3. The molecule has 0 radical (unpaired) electrons. The number of benzene rings is 4. The second-order valence-electron chi connectivity index (χ2n) is 6.38. The summed E-state index contributed by atoms with van der Waals surface area (Å²) in [6.07, 6.45) is 0. The van der Waals surface area contributed by atoms with Gasteiger partial charge in [-0.1, -0.05) is 42.5 Å². The summed E-state index contributed by atoms with van der Waals surface area (Å²) in [5, 5.41) is 8.99. The Labute approximate surface area is 137 Å². The molecule has 23 heavy (non-hydrogen) atoms. The van der Waals surface area contributed by atoms with Gasteiger partial charge in [0.15, 0.2) is 0 Å². The molecule has 4 aromatic rings. The van der Waals surface area contributed by atoms with E-state index in [-0.39, 0.29) is 0 Å². The SMILES string of the molecule is COc1cc(OC)c2ccc3cc([SiH](C)C)cc4ccc1c2c43. The Kier molecular flexibility index (Phi) is 3.20. The van der Waals surface area contributed by atoms with Gasteiger partial charge < -0.3 is 9.47 Å². The highest BCUT2D eigenvalue weighted by molar-refractivity contribution is 6.71. The summed E-state index contributed by atoms with van der Waals surface area (Å²) in [5.41, 5.74) is 0. The van der Waals surface area contributed by atoms with Crippen LogP contribution in [0.2, 0.25) is 13.1 Å². The van der Waals surface area contributed by atoms with Crippen LogP contribution in [-0.4, -0.2) is 23.0 Å². The number of hydrogen-bond donors (Lipinski definition) is 0. The quantitative estimate of drug-likeness (QED) is 0.414. The first-order valence-corrected chi connectivity index (χ1v) is 10.9. The lowest BCUT2D eigenvalue weighted by atomic mass is 9.93. The van der Waals surface area contributed by atoms with Crippen LogP contribution in [0.5, 0.6) is 11.5 Å². The topological polar surface area (TPSA) is 18.5 Å². The molecule has 116 valence electrons. The molecule has 0 atom stereocenters. The van der Waals surface area contributed by atoms with E-state index in [1.807, 2.05) is 6.07 Å². The third kappa shape index (κ3) is 2.00. The number of ether oxygens (including phenoxy) is 2. The average molecular weight is 320 g/mol. The summed E-state index contributed by atoms with van der Waals surface area (Å²) in [6.45, 7) is 4.75. The van der Waals surface area contributed by atoms with E-state index in [0.717, 1.165) is 22.3 Å². The van der Waals surface area contributed by atoms with Crippen molar-refractivity contribution in [1.82, 2.24) is 0 Å². The van der Waals surface area contributed by atoms with Crippen molar-refractivity contribution in [2.24, 2.45) is 0 Å². The van der Waals surface area contributed by atoms with Gasteiger partial charge in [0.25, 0.3) is 0 Å². The summed E-state index contributed by atoms with van der Waals surface area (Å²) in [7, 11) is 2.60. The van der Waals surface area contributed by atoms with Gasteiger partial charge in [-0.2, -0.15) is 0 Å². The molecule has 0 spiro atoms. The molecule has 0 saturated carbocycles. The lowest BCUT2D eigenvalue weighted by molar-refractivity contribution is 0.401. The monoisotopic (exact) mass is 320 g/mol. The predicted molar refractivity (Wildman–Crippen MR) is 102 cm³/mol. The zero-order chi connectivity index (χ0) is 16.1. The normalized spacial score (nSPS) is 11.9. The number of rotatable bonds is 3. The summed E-state index contributed by atoms with van der Waals surface area (Å²) in [6, 6.07) is 15.5. The van der Waals surface area contributed by atoms with E-state index in [9.17, 15) is 0 Å². The zero-order valence-corrected chi connectivity index (χ0v) is 15.1. The first kappa shape index (κ1) is 14.3. The first-order valence-electron chi connectivity index (χ1n) is 7.97. The molecule has 3 heteroatoms. The molecule has 4 aromatic carbocycles. The third-order valence-corrected chi connectivity index (χ3v) is 6.44. The van der Waals surface area contributed by atoms with Crippen LogP contribution in [-0.2, 0) is 0 Å². The van der Waals surface area contributed by atoms with Crippen molar-refractivity contribution in [2.75, 3.05) is 14.2 Å². The van der Waals surface area contributed by atoms with Crippen LogP contribution >= 0.6 is 0 Å². The van der Waals surface area contributed by atoms with Crippen LogP contribution in [0.15, 0.2) is 42.5 Å². The minimum Gasteiger partial charge on any atom is -0.496 e. The molecule has 0 fully saturated rings. The molecule has 2 nitrogen and oxygen atoms in total. The van der Waals surface area contributed by atoms with Crippen LogP contribution in [0, 0.1) is 0 Å². The van der Waals surface area contributed by atoms with Crippen molar-refractivity contribution in [3.05, 3.63) is 42.5 Å². The van der Waals surface area contributed by atoms with Crippen LogP contribution in [0.1, 0.15) is 0 Å². The van der Waals surface area contributed by atoms with Crippen LogP contribution in [0.3, 0.4) is 0 Å². The molecule has 0 saturated heterocycles. The fourth-order valence-corrected chi connectivity index (χ4v) is 4.57. The molecule has 0 heterocycles. The van der Waals surface area contributed by atoms with Crippen molar-refractivity contribution < 1.29 is 9.47 Å². The molecule has 0 amide bonds. The maximum Gasteiger partial charge on any atom is 0.130 e. The molecule has 0 N–H and O–H groups in total. The molecule has 0 unspecified atom stereocenters. The van der Waals surface area contributed by atoms with Gasteiger partial charge in [-0.3, -0.25) is 0 Å². The van der Waals surface area contributed by atoms with Crippen molar-refractivity contribution in [1.29, 1.82) is 0 Å². The lowest BCUT2D eigenvalue weighted by Gasteiger charge is -2.17. The highest BCUT2D eigenvalue weighted by atomic mass is 28.3. The van der Waals surface area contributed by atoms with Gasteiger partial charge in [-0.25, -0.2) is 0 Å². The van der Waals surface area contributed by atoms with Crippen molar-refractivity contribution in [3.63, 3.8) is 0 Å². The highest BCUT2D eigenvalue weighted by Gasteiger charge is 2.16. The van der Waals surface area contributed by atoms with Crippen molar-refractivity contribution >= 4 is 46.3 Å². The largest absolute Gasteiger partial charge is 0.496 e. The smallest absolute Gasteiger partial charge is 0.130 e. The van der Waals surface area contributed by atoms with Gasteiger partial charge in [-0.05, 0) is 28.3 Å².